The highest BCUT2D eigenvalue weighted by molar-refractivity contribution is 5.89. The maximum atomic E-state index is 12.2. The topological polar surface area (TPSA) is 57.0 Å². The maximum absolute atomic E-state index is 12.2. The molecule has 138 valence electrons. The molecule has 0 saturated heterocycles. The number of hydrogen-bond donors (Lipinski definition) is 0. The molecule has 5 nitrogen and oxygen atoms in total. The second-order valence-electron chi connectivity index (χ2n) is 6.93. The lowest BCUT2D eigenvalue weighted by atomic mass is 9.99. The second kappa shape index (κ2) is 6.60. The number of ether oxygens (including phenoxy) is 1. The maximum Gasteiger partial charge on any atom is 0.311 e. The minimum Gasteiger partial charge on any atom is -0.469 e. The van der Waals surface area contributed by atoms with Crippen molar-refractivity contribution < 1.29 is 9.53 Å². The Bertz CT molecular complexity index is 1200. The molecule has 0 N–H and O–H groups in total. The van der Waals surface area contributed by atoms with Gasteiger partial charge in [0.05, 0.1) is 36.1 Å². The first-order valence-corrected chi connectivity index (χ1v) is 9.36. The molecule has 1 aliphatic rings. The standard InChI is InChI=1S/C23H19N3O2/c1-28-20(27)14-18-21(15-6-3-2-4-7-15)25-19-12-11-17-10-9-16-8-5-13-24-22(16)23(17)26(18)19/h2-10,13H,11-12,14H2,1H3. The van der Waals surface area contributed by atoms with Gasteiger partial charge in [0.2, 0.25) is 0 Å². The van der Waals surface area contributed by atoms with Gasteiger partial charge in [-0.3, -0.25) is 14.3 Å². The van der Waals surface area contributed by atoms with E-state index in [4.69, 9.17) is 9.72 Å². The molecular formula is C23H19N3O2. The number of benzene rings is 2. The minimum absolute atomic E-state index is 0.163. The highest BCUT2D eigenvalue weighted by Gasteiger charge is 2.27. The summed E-state index contributed by atoms with van der Waals surface area (Å²) in [5, 5.41) is 1.08. The van der Waals surface area contributed by atoms with Crippen molar-refractivity contribution in [2.24, 2.45) is 0 Å². The number of hydrogen-bond acceptors (Lipinski definition) is 4. The number of rotatable bonds is 3. The Morgan fingerprint density at radius 1 is 1.07 bits per heavy atom. The largest absolute Gasteiger partial charge is 0.469 e. The van der Waals surface area contributed by atoms with Crippen LogP contribution < -0.4 is 0 Å². The van der Waals surface area contributed by atoms with Gasteiger partial charge in [-0.1, -0.05) is 48.5 Å². The van der Waals surface area contributed by atoms with Crippen LogP contribution in [0.3, 0.4) is 0 Å². The van der Waals surface area contributed by atoms with Gasteiger partial charge in [0.25, 0.3) is 0 Å². The van der Waals surface area contributed by atoms with Crippen molar-refractivity contribution in [3.05, 3.63) is 77.9 Å². The van der Waals surface area contributed by atoms with Crippen molar-refractivity contribution in [3.8, 4) is 16.9 Å². The number of pyridine rings is 1. The Labute approximate surface area is 162 Å². The van der Waals surface area contributed by atoms with Gasteiger partial charge in [0.1, 0.15) is 5.82 Å². The van der Waals surface area contributed by atoms with E-state index in [0.717, 1.165) is 52.2 Å². The number of nitrogens with zero attached hydrogens (tertiary/aromatic N) is 3. The molecule has 0 fully saturated rings. The third-order valence-electron chi connectivity index (χ3n) is 5.30. The molecule has 1 aliphatic heterocycles. The number of aryl methyl sites for hydroxylation is 2. The Balaban J connectivity index is 1.82. The third kappa shape index (κ3) is 2.59. The van der Waals surface area contributed by atoms with Crippen molar-refractivity contribution >= 4 is 16.9 Å². The molecule has 0 atom stereocenters. The summed E-state index contributed by atoms with van der Waals surface area (Å²) in [6.07, 6.45) is 3.71. The SMILES string of the molecule is COC(=O)Cc1c(-c2ccccc2)nc2n1-c1c(ccc3cccnc13)CC2. The first-order valence-electron chi connectivity index (χ1n) is 9.36. The average Bonchev–Trinajstić information content (AvgIpc) is 3.12. The Morgan fingerprint density at radius 2 is 1.93 bits per heavy atom. The van der Waals surface area contributed by atoms with Gasteiger partial charge in [-0.15, -0.1) is 0 Å². The lowest BCUT2D eigenvalue weighted by Gasteiger charge is -2.22. The average molecular weight is 369 g/mol. The van der Waals surface area contributed by atoms with E-state index >= 15 is 0 Å². The predicted molar refractivity (Wildman–Crippen MR) is 107 cm³/mol. The van der Waals surface area contributed by atoms with Crippen molar-refractivity contribution in [1.29, 1.82) is 0 Å². The van der Waals surface area contributed by atoms with E-state index < -0.39 is 0 Å². The summed E-state index contributed by atoms with van der Waals surface area (Å²) in [6, 6.07) is 18.3. The molecule has 0 aliphatic carbocycles. The molecule has 3 heterocycles. The molecule has 2 aromatic carbocycles. The number of esters is 1. The first kappa shape index (κ1) is 16.7. The first-order chi connectivity index (χ1) is 13.8. The van der Waals surface area contributed by atoms with E-state index in [1.54, 1.807) is 0 Å². The van der Waals surface area contributed by atoms with E-state index in [-0.39, 0.29) is 12.4 Å². The summed E-state index contributed by atoms with van der Waals surface area (Å²) >= 11 is 0. The van der Waals surface area contributed by atoms with Crippen LogP contribution in [0.5, 0.6) is 0 Å². The summed E-state index contributed by atoms with van der Waals surface area (Å²) in [7, 11) is 1.42. The molecule has 0 amide bonds. The molecule has 0 bridgehead atoms. The van der Waals surface area contributed by atoms with Crippen LogP contribution in [-0.4, -0.2) is 27.6 Å². The van der Waals surface area contributed by atoms with E-state index in [1.807, 2.05) is 42.6 Å². The van der Waals surface area contributed by atoms with E-state index in [2.05, 4.69) is 27.8 Å². The fourth-order valence-corrected chi connectivity index (χ4v) is 4.01. The van der Waals surface area contributed by atoms with Gasteiger partial charge in [-0.25, -0.2) is 4.98 Å². The van der Waals surface area contributed by atoms with Gasteiger partial charge in [0, 0.05) is 23.6 Å². The van der Waals surface area contributed by atoms with E-state index in [1.165, 1.54) is 12.7 Å². The van der Waals surface area contributed by atoms with Crippen molar-refractivity contribution in [3.63, 3.8) is 0 Å². The fourth-order valence-electron chi connectivity index (χ4n) is 4.01. The number of carbonyl (C=O) groups excluding carboxylic acids is 1. The molecule has 4 aromatic rings. The lowest BCUT2D eigenvalue weighted by molar-refractivity contribution is -0.139. The zero-order valence-electron chi connectivity index (χ0n) is 15.6. The Morgan fingerprint density at radius 3 is 2.75 bits per heavy atom. The van der Waals surface area contributed by atoms with Crippen LogP contribution in [0.15, 0.2) is 60.8 Å². The monoisotopic (exact) mass is 369 g/mol. The van der Waals surface area contributed by atoms with E-state index in [9.17, 15) is 4.79 Å². The smallest absolute Gasteiger partial charge is 0.311 e. The van der Waals surface area contributed by atoms with Crippen LogP contribution in [0.25, 0.3) is 27.8 Å². The fraction of sp³-hybridized carbons (Fsp3) is 0.174. The lowest BCUT2D eigenvalue weighted by Crippen LogP contribution is -2.17. The predicted octanol–water partition coefficient (Wildman–Crippen LogP) is 3.90. The summed E-state index contributed by atoms with van der Waals surface area (Å²) in [5.74, 6) is 0.684. The molecule has 28 heavy (non-hydrogen) atoms. The number of methoxy groups -OCH3 is 1. The van der Waals surface area contributed by atoms with Crippen LogP contribution in [0, 0.1) is 0 Å². The summed E-state index contributed by atoms with van der Waals surface area (Å²) in [4.78, 5) is 21.8. The zero-order chi connectivity index (χ0) is 19.1. The number of aromatic nitrogens is 3. The van der Waals surface area contributed by atoms with Gasteiger partial charge >= 0.3 is 5.97 Å². The molecule has 2 aromatic heterocycles. The number of fused-ring (bicyclic) bond motifs is 5. The van der Waals surface area contributed by atoms with Gasteiger partial charge in [-0.2, -0.15) is 0 Å². The molecule has 5 rings (SSSR count). The minimum atomic E-state index is -0.278. The van der Waals surface area contributed by atoms with Crippen molar-refractivity contribution in [1.82, 2.24) is 14.5 Å². The van der Waals surface area contributed by atoms with Gasteiger partial charge in [0.15, 0.2) is 0 Å². The zero-order valence-corrected chi connectivity index (χ0v) is 15.6. The van der Waals surface area contributed by atoms with Crippen LogP contribution in [0.2, 0.25) is 0 Å². The molecule has 5 heteroatoms. The molecule has 0 spiro atoms. The summed E-state index contributed by atoms with van der Waals surface area (Å²) in [6.45, 7) is 0. The molecule has 0 saturated carbocycles. The molecule has 0 unspecified atom stereocenters. The van der Waals surface area contributed by atoms with E-state index in [0.29, 0.717) is 0 Å². The van der Waals surface area contributed by atoms with Crippen molar-refractivity contribution in [2.45, 2.75) is 19.3 Å². The Kier molecular flexibility index (Phi) is 3.93. The summed E-state index contributed by atoms with van der Waals surface area (Å²) in [5.41, 5.74) is 5.88. The molecular weight excluding hydrogens is 350 g/mol. The molecule has 0 radical (unpaired) electrons. The Hall–Kier alpha value is -3.47. The van der Waals surface area contributed by atoms with Crippen LogP contribution in [0.1, 0.15) is 17.1 Å². The van der Waals surface area contributed by atoms with Crippen LogP contribution >= 0.6 is 0 Å². The van der Waals surface area contributed by atoms with Crippen LogP contribution in [-0.2, 0) is 28.8 Å². The quantitative estimate of drug-likeness (QED) is 0.514. The third-order valence-corrected chi connectivity index (χ3v) is 5.30. The highest BCUT2D eigenvalue weighted by Crippen LogP contribution is 2.36. The summed E-state index contributed by atoms with van der Waals surface area (Å²) < 4.78 is 7.12. The number of imidazole rings is 1. The highest BCUT2D eigenvalue weighted by atomic mass is 16.5. The van der Waals surface area contributed by atoms with Crippen LogP contribution in [0.4, 0.5) is 0 Å². The van der Waals surface area contributed by atoms with Gasteiger partial charge in [-0.05, 0) is 18.1 Å². The second-order valence-corrected chi connectivity index (χ2v) is 6.93. The van der Waals surface area contributed by atoms with Gasteiger partial charge < -0.3 is 4.74 Å². The van der Waals surface area contributed by atoms with Crippen molar-refractivity contribution in [2.75, 3.05) is 7.11 Å². The normalized spacial score (nSPS) is 12.5. The number of carbonyl (C=O) groups is 1.